The van der Waals surface area contributed by atoms with Gasteiger partial charge in [-0.2, -0.15) is 0 Å². The van der Waals surface area contributed by atoms with Crippen LogP contribution in [0.3, 0.4) is 0 Å². The summed E-state index contributed by atoms with van der Waals surface area (Å²) in [5, 5.41) is 12.1. The molecule has 2 aromatic rings. The molecule has 110 valence electrons. The minimum absolute atomic E-state index is 0.146. The summed E-state index contributed by atoms with van der Waals surface area (Å²) in [4.78, 5) is 11.4. The molecule has 3 rings (SSSR count). The number of carbonyl (C=O) groups excluding carboxylic acids is 1. The fraction of sp³-hybridized carbons (Fsp3) is 0.357. The molecule has 21 heavy (non-hydrogen) atoms. The first kappa shape index (κ1) is 14.3. The standard InChI is InChI=1S/C14H15N3O2S2/c1-8-3-4-10(7-9(8)2)15-13-16-17-14(21-13)20-11-5-6-19-12(11)18/h3-4,7,11H,5-6H2,1-2H3,(H,15,16)/t11-/m0/s1. The molecule has 1 aromatic heterocycles. The third kappa shape index (κ3) is 3.36. The van der Waals surface area contributed by atoms with E-state index in [-0.39, 0.29) is 11.2 Å². The van der Waals surface area contributed by atoms with Crippen LogP contribution in [0.5, 0.6) is 0 Å². The van der Waals surface area contributed by atoms with Crippen molar-refractivity contribution in [2.45, 2.75) is 29.9 Å². The first-order chi connectivity index (χ1) is 10.1. The van der Waals surface area contributed by atoms with Crippen molar-refractivity contribution in [3.63, 3.8) is 0 Å². The Balaban J connectivity index is 1.67. The normalized spacial score (nSPS) is 17.8. The molecule has 1 aliphatic rings. The second-order valence-electron chi connectivity index (χ2n) is 4.86. The Morgan fingerprint density at radius 1 is 1.33 bits per heavy atom. The molecule has 5 nitrogen and oxygen atoms in total. The van der Waals surface area contributed by atoms with Gasteiger partial charge in [0.15, 0.2) is 4.34 Å². The van der Waals surface area contributed by atoms with Crippen molar-refractivity contribution in [1.82, 2.24) is 10.2 Å². The number of esters is 1. The van der Waals surface area contributed by atoms with Crippen molar-refractivity contribution in [1.29, 1.82) is 0 Å². The van der Waals surface area contributed by atoms with Crippen LogP contribution in [0.4, 0.5) is 10.8 Å². The van der Waals surface area contributed by atoms with Crippen LogP contribution in [0.1, 0.15) is 17.5 Å². The summed E-state index contributed by atoms with van der Waals surface area (Å²) in [5.41, 5.74) is 3.48. The van der Waals surface area contributed by atoms with E-state index in [1.165, 1.54) is 34.2 Å². The number of hydrogen-bond donors (Lipinski definition) is 1. The average molecular weight is 321 g/mol. The molecule has 0 spiro atoms. The largest absolute Gasteiger partial charge is 0.465 e. The van der Waals surface area contributed by atoms with E-state index in [2.05, 4.69) is 41.5 Å². The van der Waals surface area contributed by atoms with E-state index in [1.807, 2.05) is 6.07 Å². The number of benzene rings is 1. The van der Waals surface area contributed by atoms with Crippen LogP contribution in [-0.4, -0.2) is 28.0 Å². The number of ether oxygens (including phenoxy) is 1. The highest BCUT2D eigenvalue weighted by Crippen LogP contribution is 2.34. The van der Waals surface area contributed by atoms with E-state index in [0.29, 0.717) is 6.61 Å². The molecule has 1 aliphatic heterocycles. The molecular formula is C14H15N3O2S2. The molecule has 0 aliphatic carbocycles. The fourth-order valence-corrected chi connectivity index (χ4v) is 3.94. The van der Waals surface area contributed by atoms with Gasteiger partial charge in [-0.15, -0.1) is 10.2 Å². The number of carbonyl (C=O) groups is 1. The summed E-state index contributed by atoms with van der Waals surface area (Å²) in [5.74, 6) is -0.154. The fourth-order valence-electron chi connectivity index (χ4n) is 1.96. The predicted molar refractivity (Wildman–Crippen MR) is 84.3 cm³/mol. The van der Waals surface area contributed by atoms with Crippen molar-refractivity contribution in [2.75, 3.05) is 11.9 Å². The van der Waals surface area contributed by atoms with Crippen LogP contribution in [-0.2, 0) is 9.53 Å². The zero-order valence-corrected chi connectivity index (χ0v) is 13.4. The lowest BCUT2D eigenvalue weighted by Gasteiger charge is -2.05. The summed E-state index contributed by atoms with van der Waals surface area (Å²) in [6.07, 6.45) is 0.739. The number of aryl methyl sites for hydroxylation is 2. The van der Waals surface area contributed by atoms with Gasteiger partial charge in [-0.3, -0.25) is 4.79 Å². The highest BCUT2D eigenvalue weighted by atomic mass is 32.2. The topological polar surface area (TPSA) is 64.1 Å². The van der Waals surface area contributed by atoms with Crippen molar-refractivity contribution in [3.05, 3.63) is 29.3 Å². The monoisotopic (exact) mass is 321 g/mol. The number of nitrogens with zero attached hydrogens (tertiary/aromatic N) is 2. The van der Waals surface area contributed by atoms with Crippen molar-refractivity contribution < 1.29 is 9.53 Å². The number of aromatic nitrogens is 2. The molecule has 1 fully saturated rings. The van der Waals surface area contributed by atoms with E-state index >= 15 is 0 Å². The quantitative estimate of drug-likeness (QED) is 0.872. The Bertz CT molecular complexity index is 672. The van der Waals surface area contributed by atoms with E-state index < -0.39 is 0 Å². The molecule has 0 amide bonds. The smallest absolute Gasteiger partial charge is 0.319 e. The molecule has 0 radical (unpaired) electrons. The van der Waals surface area contributed by atoms with E-state index in [1.54, 1.807) is 0 Å². The Hall–Kier alpha value is -1.60. The SMILES string of the molecule is Cc1ccc(Nc2nnc(S[C@H]3CCOC3=O)s2)cc1C. The van der Waals surface area contributed by atoms with E-state index in [9.17, 15) is 4.79 Å². The molecule has 1 aromatic carbocycles. The van der Waals surface area contributed by atoms with Crippen LogP contribution in [0, 0.1) is 13.8 Å². The van der Waals surface area contributed by atoms with Crippen LogP contribution in [0.15, 0.2) is 22.5 Å². The van der Waals surface area contributed by atoms with Gasteiger partial charge in [-0.05, 0) is 37.1 Å². The number of nitrogens with one attached hydrogen (secondary N) is 1. The van der Waals surface area contributed by atoms with Gasteiger partial charge in [-0.1, -0.05) is 29.2 Å². The Labute approximate surface area is 131 Å². The summed E-state index contributed by atoms with van der Waals surface area (Å²) in [6.45, 7) is 4.66. The van der Waals surface area contributed by atoms with Gasteiger partial charge >= 0.3 is 5.97 Å². The van der Waals surface area contributed by atoms with Crippen LogP contribution in [0.25, 0.3) is 0 Å². The summed E-state index contributed by atoms with van der Waals surface area (Å²) in [6, 6.07) is 6.17. The molecule has 2 heterocycles. The van der Waals surface area contributed by atoms with E-state index in [0.717, 1.165) is 21.6 Å². The second kappa shape index (κ2) is 6.03. The Morgan fingerprint density at radius 3 is 2.90 bits per heavy atom. The molecule has 7 heteroatoms. The average Bonchev–Trinajstić information content (AvgIpc) is 3.05. The first-order valence-electron chi connectivity index (χ1n) is 6.63. The van der Waals surface area contributed by atoms with Gasteiger partial charge in [0, 0.05) is 12.1 Å². The lowest BCUT2D eigenvalue weighted by Crippen LogP contribution is -2.08. The molecule has 0 unspecified atom stereocenters. The van der Waals surface area contributed by atoms with Crippen LogP contribution < -0.4 is 5.32 Å². The number of anilines is 2. The highest BCUT2D eigenvalue weighted by molar-refractivity contribution is 8.02. The predicted octanol–water partition coefficient (Wildman–Crippen LogP) is 3.31. The van der Waals surface area contributed by atoms with Gasteiger partial charge in [0.05, 0.1) is 6.61 Å². The maximum atomic E-state index is 11.4. The number of rotatable bonds is 4. The van der Waals surface area contributed by atoms with Gasteiger partial charge in [0.2, 0.25) is 5.13 Å². The highest BCUT2D eigenvalue weighted by Gasteiger charge is 2.28. The maximum absolute atomic E-state index is 11.4. The van der Waals surface area contributed by atoms with Gasteiger partial charge in [0.1, 0.15) is 5.25 Å². The molecule has 1 atom stereocenters. The summed E-state index contributed by atoms with van der Waals surface area (Å²) < 4.78 is 5.73. The van der Waals surface area contributed by atoms with Crippen LogP contribution >= 0.6 is 23.1 Å². The summed E-state index contributed by atoms with van der Waals surface area (Å²) in [7, 11) is 0. The van der Waals surface area contributed by atoms with Crippen LogP contribution in [0.2, 0.25) is 0 Å². The summed E-state index contributed by atoms with van der Waals surface area (Å²) >= 11 is 2.88. The maximum Gasteiger partial charge on any atom is 0.319 e. The lowest BCUT2D eigenvalue weighted by atomic mass is 10.1. The van der Waals surface area contributed by atoms with Crippen molar-refractivity contribution >= 4 is 39.9 Å². The molecule has 1 N–H and O–H groups in total. The molecule has 0 bridgehead atoms. The van der Waals surface area contributed by atoms with Gasteiger partial charge in [-0.25, -0.2) is 0 Å². The molecule has 1 saturated heterocycles. The Morgan fingerprint density at radius 2 is 2.19 bits per heavy atom. The first-order valence-corrected chi connectivity index (χ1v) is 8.32. The van der Waals surface area contributed by atoms with Crippen molar-refractivity contribution in [3.8, 4) is 0 Å². The Kier molecular flexibility index (Phi) is 4.12. The van der Waals surface area contributed by atoms with Gasteiger partial charge < -0.3 is 10.1 Å². The second-order valence-corrected chi connectivity index (χ2v) is 7.29. The number of thioether (sulfide) groups is 1. The van der Waals surface area contributed by atoms with Crippen molar-refractivity contribution in [2.24, 2.45) is 0 Å². The lowest BCUT2D eigenvalue weighted by molar-refractivity contribution is -0.137. The molecular weight excluding hydrogens is 306 g/mol. The zero-order valence-electron chi connectivity index (χ0n) is 11.8. The zero-order chi connectivity index (χ0) is 14.8. The minimum atomic E-state index is -0.154. The number of cyclic esters (lactones) is 1. The minimum Gasteiger partial charge on any atom is -0.465 e. The third-order valence-electron chi connectivity index (χ3n) is 3.29. The van der Waals surface area contributed by atoms with E-state index in [4.69, 9.17) is 4.74 Å². The third-order valence-corrected chi connectivity index (χ3v) is 5.46. The number of hydrogen-bond acceptors (Lipinski definition) is 7. The van der Waals surface area contributed by atoms with Gasteiger partial charge in [0.25, 0.3) is 0 Å². The molecule has 0 saturated carbocycles.